The van der Waals surface area contributed by atoms with Crippen LogP contribution in [0, 0.1) is 29.4 Å². The molecule has 1 aliphatic rings. The van der Waals surface area contributed by atoms with Gasteiger partial charge in [-0.05, 0) is 74.6 Å². The number of aromatic nitrogens is 6. The van der Waals surface area contributed by atoms with Crippen molar-refractivity contribution in [2.75, 3.05) is 5.73 Å². The molecule has 1 aliphatic carbocycles. The van der Waals surface area contributed by atoms with Gasteiger partial charge >= 0.3 is 6.18 Å². The third-order valence-corrected chi connectivity index (χ3v) is 8.62. The Bertz CT molecular complexity index is 2270. The summed E-state index contributed by atoms with van der Waals surface area (Å²) in [5.74, 6) is -2.93. The predicted molar refractivity (Wildman–Crippen MR) is 174 cm³/mol. The Morgan fingerprint density at radius 2 is 1.79 bits per heavy atom. The average Bonchev–Trinajstić information content (AvgIpc) is 3.67. The summed E-state index contributed by atoms with van der Waals surface area (Å²) in [5, 5.41) is 24.3. The van der Waals surface area contributed by atoms with Crippen molar-refractivity contribution in [3.8, 4) is 23.0 Å². The molecule has 0 saturated carbocycles. The monoisotopic (exact) mass is 748 g/mol. The zero-order valence-electron chi connectivity index (χ0n) is 27.5. The molecular weight excluding hydrogens is 721 g/mol. The highest BCUT2D eigenvalue weighted by Gasteiger charge is 2.54. The summed E-state index contributed by atoms with van der Waals surface area (Å²) >= 11 is 6.34. The van der Waals surface area contributed by atoms with Crippen LogP contribution >= 0.6 is 11.6 Å². The van der Waals surface area contributed by atoms with E-state index in [0.717, 1.165) is 19.1 Å². The molecule has 0 saturated heterocycles. The van der Waals surface area contributed by atoms with E-state index in [0.29, 0.717) is 16.3 Å². The lowest BCUT2D eigenvalue weighted by molar-refractivity contribution is -0.142. The molecule has 10 nitrogen and oxygen atoms in total. The van der Waals surface area contributed by atoms with Crippen LogP contribution in [0.1, 0.15) is 60.7 Å². The number of hydrogen-bond donors (Lipinski definition) is 3. The maximum atomic E-state index is 15.2. The minimum atomic E-state index is -5.08. The molecule has 1 aromatic carbocycles. The van der Waals surface area contributed by atoms with Crippen molar-refractivity contribution in [3.05, 3.63) is 93.2 Å². The van der Waals surface area contributed by atoms with Gasteiger partial charge in [0, 0.05) is 28.7 Å². The number of aliphatic hydroxyl groups is 1. The molecule has 4 N–H and O–H groups in total. The number of amides is 1. The lowest BCUT2D eigenvalue weighted by Crippen LogP contribution is -2.35. The van der Waals surface area contributed by atoms with E-state index in [4.69, 9.17) is 17.3 Å². The summed E-state index contributed by atoms with van der Waals surface area (Å²) in [5.41, 5.74) is 2.10. The standard InChI is InChI=1S/C34H28ClF7N8O2/c1-16-10-23-28(34(40,41)42)48-49(29(23)33(16,38)39)15-26(51)45-24(13-17-11-18(36)14-19(37)12-17)27-21(5-4-20(44-27)8-9-32(2,3)52)22-6-7-25(35)50-30(22)46-47-31(50)43/h4-7,11-12,14,16,24,52H,10,13,15H2,1-3H3,(H2,43,47)(H,45,51)/t16-,24+/m1/s1. The molecule has 0 bridgehead atoms. The van der Waals surface area contributed by atoms with Gasteiger partial charge in [-0.25, -0.2) is 13.8 Å². The number of nitrogens with one attached hydrogen (secondary N) is 1. The fourth-order valence-electron chi connectivity index (χ4n) is 6.08. The van der Waals surface area contributed by atoms with Gasteiger partial charge < -0.3 is 16.2 Å². The minimum absolute atomic E-state index is 0.00647. The molecule has 0 spiro atoms. The van der Waals surface area contributed by atoms with E-state index in [1.165, 1.54) is 36.4 Å². The smallest absolute Gasteiger partial charge is 0.378 e. The van der Waals surface area contributed by atoms with Crippen LogP contribution in [0.5, 0.6) is 0 Å². The molecule has 0 aliphatic heterocycles. The summed E-state index contributed by atoms with van der Waals surface area (Å²) in [6.07, 6.45) is -6.05. The van der Waals surface area contributed by atoms with E-state index in [-0.39, 0.29) is 45.7 Å². The Kier molecular flexibility index (Phi) is 9.20. The summed E-state index contributed by atoms with van der Waals surface area (Å²) < 4.78 is 103. The molecule has 2 atom stereocenters. The van der Waals surface area contributed by atoms with Crippen molar-refractivity contribution < 1.29 is 40.6 Å². The van der Waals surface area contributed by atoms with Crippen LogP contribution < -0.4 is 11.1 Å². The SMILES string of the molecule is C[C@@H]1Cc2c(C(F)(F)F)nn(CC(=O)N[C@@H](Cc3cc(F)cc(F)c3)c3nc(C#CC(C)(C)O)ccc3-c3ccc(Cl)n4c(N)nnc34)c2C1(F)F. The molecule has 6 rings (SSSR count). The molecule has 4 aromatic heterocycles. The van der Waals surface area contributed by atoms with E-state index in [9.17, 15) is 31.9 Å². The number of carbonyl (C=O) groups is 1. The lowest BCUT2D eigenvalue weighted by Gasteiger charge is -2.23. The minimum Gasteiger partial charge on any atom is -0.378 e. The zero-order chi connectivity index (χ0) is 37.9. The van der Waals surface area contributed by atoms with Crippen molar-refractivity contribution >= 4 is 29.1 Å². The fraction of sp³-hybridized carbons (Fsp3) is 0.324. The molecule has 5 aromatic rings. The van der Waals surface area contributed by atoms with Gasteiger partial charge in [0.15, 0.2) is 11.3 Å². The van der Waals surface area contributed by atoms with Gasteiger partial charge in [0.25, 0.3) is 5.92 Å². The number of nitrogen functional groups attached to an aromatic ring is 1. The number of rotatable bonds is 7. The van der Waals surface area contributed by atoms with Gasteiger partial charge in [0.05, 0.1) is 11.7 Å². The van der Waals surface area contributed by atoms with Gasteiger partial charge in [0.2, 0.25) is 11.9 Å². The van der Waals surface area contributed by atoms with E-state index in [1.807, 2.05) is 0 Å². The number of anilines is 1. The highest BCUT2D eigenvalue weighted by atomic mass is 35.5. The van der Waals surface area contributed by atoms with Gasteiger partial charge in [-0.15, -0.1) is 10.2 Å². The Balaban J connectivity index is 1.50. The number of benzene rings is 1. The van der Waals surface area contributed by atoms with E-state index >= 15 is 8.78 Å². The summed E-state index contributed by atoms with van der Waals surface area (Å²) in [4.78, 5) is 18.3. The number of pyridine rings is 2. The second-order valence-electron chi connectivity index (χ2n) is 12.9. The molecule has 0 fully saturated rings. The lowest BCUT2D eigenvalue weighted by atomic mass is 9.95. The molecule has 0 unspecified atom stereocenters. The summed E-state index contributed by atoms with van der Waals surface area (Å²) in [6.45, 7) is 2.87. The van der Waals surface area contributed by atoms with E-state index in [2.05, 4.69) is 37.4 Å². The Labute approximate surface area is 295 Å². The predicted octanol–water partition coefficient (Wildman–Crippen LogP) is 6.03. The summed E-state index contributed by atoms with van der Waals surface area (Å²) in [7, 11) is 0. The number of fused-ring (bicyclic) bond motifs is 2. The van der Waals surface area contributed by atoms with Crippen LogP contribution in [0.15, 0.2) is 42.5 Å². The number of halogens is 8. The number of hydrogen-bond acceptors (Lipinski definition) is 7. The van der Waals surface area contributed by atoms with Gasteiger partial charge in [-0.2, -0.15) is 27.1 Å². The van der Waals surface area contributed by atoms with Crippen LogP contribution in [-0.4, -0.2) is 46.0 Å². The highest BCUT2D eigenvalue weighted by molar-refractivity contribution is 6.30. The molecule has 4 heterocycles. The van der Waals surface area contributed by atoms with Crippen molar-refractivity contribution in [3.63, 3.8) is 0 Å². The highest BCUT2D eigenvalue weighted by Crippen LogP contribution is 2.49. The first-order valence-electron chi connectivity index (χ1n) is 15.6. The number of alkyl halides is 5. The largest absolute Gasteiger partial charge is 0.435 e. The van der Waals surface area contributed by atoms with Crippen molar-refractivity contribution in [1.82, 2.24) is 34.7 Å². The average molecular weight is 749 g/mol. The first-order chi connectivity index (χ1) is 24.2. The van der Waals surface area contributed by atoms with Crippen LogP contribution in [0.4, 0.5) is 36.7 Å². The molecule has 52 heavy (non-hydrogen) atoms. The fourth-order valence-corrected chi connectivity index (χ4v) is 6.31. The maximum absolute atomic E-state index is 15.2. The van der Waals surface area contributed by atoms with Crippen LogP contribution in [0.3, 0.4) is 0 Å². The number of nitrogens with two attached hydrogens (primary N) is 1. The Morgan fingerprint density at radius 3 is 2.44 bits per heavy atom. The quantitative estimate of drug-likeness (QED) is 0.105. The molecule has 272 valence electrons. The third-order valence-electron chi connectivity index (χ3n) is 8.33. The first-order valence-corrected chi connectivity index (χ1v) is 16.0. The Morgan fingerprint density at radius 1 is 1.12 bits per heavy atom. The molecule has 1 amide bonds. The maximum Gasteiger partial charge on any atom is 0.435 e. The number of nitrogens with zero attached hydrogens (tertiary/aromatic N) is 6. The van der Waals surface area contributed by atoms with E-state index < -0.39 is 77.1 Å². The molecule has 18 heteroatoms. The van der Waals surface area contributed by atoms with Gasteiger partial charge in [0.1, 0.15) is 40.3 Å². The molecule has 0 radical (unpaired) electrons. The van der Waals surface area contributed by atoms with Crippen LogP contribution in [-0.2, 0) is 36.3 Å². The molecular formula is C34H28ClF7N8O2. The van der Waals surface area contributed by atoms with Crippen molar-refractivity contribution in [2.45, 2.75) is 63.9 Å². The normalized spacial score (nSPS) is 16.0. The van der Waals surface area contributed by atoms with Crippen LogP contribution in [0.25, 0.3) is 16.8 Å². The van der Waals surface area contributed by atoms with Crippen molar-refractivity contribution in [1.29, 1.82) is 0 Å². The van der Waals surface area contributed by atoms with Gasteiger partial charge in [-0.3, -0.25) is 13.9 Å². The first kappa shape index (κ1) is 36.6. The number of carbonyl (C=O) groups excluding carboxylic acids is 1. The van der Waals surface area contributed by atoms with Crippen LogP contribution in [0.2, 0.25) is 5.15 Å². The van der Waals surface area contributed by atoms with Crippen molar-refractivity contribution in [2.24, 2.45) is 5.92 Å². The second-order valence-corrected chi connectivity index (χ2v) is 13.3. The van der Waals surface area contributed by atoms with E-state index in [1.54, 1.807) is 6.07 Å². The third kappa shape index (κ3) is 7.13. The van der Waals surface area contributed by atoms with Gasteiger partial charge in [-0.1, -0.05) is 24.4 Å². The second kappa shape index (κ2) is 13.1. The Hall–Kier alpha value is -5.21. The topological polar surface area (TPSA) is 136 Å². The summed E-state index contributed by atoms with van der Waals surface area (Å²) in [6, 6.07) is 7.33. The zero-order valence-corrected chi connectivity index (χ0v) is 28.2.